The van der Waals surface area contributed by atoms with Gasteiger partial charge in [-0.15, -0.1) is 0 Å². The van der Waals surface area contributed by atoms with Crippen molar-refractivity contribution < 1.29 is 28.1 Å². The molecule has 1 aromatic carbocycles. The summed E-state index contributed by atoms with van der Waals surface area (Å²) in [5.74, 6) is 3.20. The Bertz CT molecular complexity index is 276. The minimum absolute atomic E-state index is 0. The normalized spacial score (nSPS) is 9.00. The highest BCUT2D eigenvalue weighted by Crippen LogP contribution is 2.11. The Kier molecular flexibility index (Phi) is 4.98. The number of nitro benzene ring substituents is 1. The van der Waals surface area contributed by atoms with Crippen molar-refractivity contribution >= 4 is 5.69 Å². The molecule has 0 saturated heterocycles. The van der Waals surface area contributed by atoms with Crippen molar-refractivity contribution in [3.63, 3.8) is 0 Å². The molecule has 3 N–H and O–H groups in total. The summed E-state index contributed by atoms with van der Waals surface area (Å²) in [5.41, 5.74) is 0.957. The maximum Gasteiger partial charge on any atom is 0.269 e. The zero-order valence-electron chi connectivity index (χ0n) is 6.77. The molecular weight excluding hydrogens is 196 g/mol. The number of nitrogens with zero attached hydrogens (tertiary/aromatic N) is 1. The van der Waals surface area contributed by atoms with Gasteiger partial charge in [0.2, 0.25) is 0 Å². The van der Waals surface area contributed by atoms with E-state index in [0.717, 1.165) is 5.56 Å². The number of nitro groups is 1. The van der Waals surface area contributed by atoms with E-state index in [4.69, 9.17) is 0 Å². The van der Waals surface area contributed by atoms with Crippen molar-refractivity contribution in [3.05, 3.63) is 39.9 Å². The Balaban J connectivity index is 0.00000144. The van der Waals surface area contributed by atoms with E-state index in [-0.39, 0.29) is 18.1 Å². The molecular formula is C7H9ClN2O3. The van der Waals surface area contributed by atoms with Crippen LogP contribution in [0.1, 0.15) is 5.56 Å². The average Bonchev–Trinajstić information content (AvgIpc) is 2.06. The molecule has 1 rings (SSSR count). The third-order valence-electron chi connectivity index (χ3n) is 1.42. The van der Waals surface area contributed by atoms with E-state index in [1.807, 2.05) is 0 Å². The van der Waals surface area contributed by atoms with E-state index in [1.165, 1.54) is 12.1 Å². The second-order valence-corrected chi connectivity index (χ2v) is 2.27. The van der Waals surface area contributed by atoms with Crippen LogP contribution >= 0.6 is 0 Å². The maximum atomic E-state index is 10.2. The Labute approximate surface area is 81.0 Å². The lowest BCUT2D eigenvalue weighted by atomic mass is 10.2. The molecule has 0 aliphatic carbocycles. The van der Waals surface area contributed by atoms with Crippen molar-refractivity contribution in [2.45, 2.75) is 6.61 Å². The number of quaternary nitrogens is 1. The molecule has 0 spiro atoms. The van der Waals surface area contributed by atoms with Gasteiger partial charge in [0.05, 0.1) is 4.92 Å². The Morgan fingerprint density at radius 2 is 1.92 bits per heavy atom. The van der Waals surface area contributed by atoms with Gasteiger partial charge in [-0.2, -0.15) is 0 Å². The monoisotopic (exact) mass is 204 g/mol. The summed E-state index contributed by atoms with van der Waals surface area (Å²) in [6, 6.07) is 6.16. The van der Waals surface area contributed by atoms with Gasteiger partial charge in [0.25, 0.3) is 5.69 Å². The standard InChI is InChI=1S/C7H9N2O3.ClH/c8-12-5-6-1-3-7(4-2-6)9(10)11;/h1-4H,5H2,8H3;1H/q+1;/p-1. The molecule has 0 unspecified atom stereocenters. The molecule has 13 heavy (non-hydrogen) atoms. The first-order valence-electron chi connectivity index (χ1n) is 3.34. The van der Waals surface area contributed by atoms with Crippen molar-refractivity contribution in [3.8, 4) is 0 Å². The highest BCUT2D eigenvalue weighted by atomic mass is 35.5. The number of halogens is 1. The van der Waals surface area contributed by atoms with Crippen LogP contribution in [0.5, 0.6) is 0 Å². The highest BCUT2D eigenvalue weighted by molar-refractivity contribution is 5.32. The van der Waals surface area contributed by atoms with Crippen LogP contribution in [-0.4, -0.2) is 4.92 Å². The van der Waals surface area contributed by atoms with E-state index < -0.39 is 4.92 Å². The molecule has 0 heterocycles. The fourth-order valence-electron chi connectivity index (χ4n) is 0.832. The Hall–Kier alpha value is -1.17. The predicted octanol–water partition coefficient (Wildman–Crippen LogP) is -2.73. The molecule has 0 fully saturated rings. The molecule has 0 aliphatic rings. The molecule has 6 heteroatoms. The quantitative estimate of drug-likeness (QED) is 0.429. The Morgan fingerprint density at radius 1 is 1.38 bits per heavy atom. The summed E-state index contributed by atoms with van der Waals surface area (Å²) in [5, 5.41) is 10.2. The van der Waals surface area contributed by atoms with Crippen LogP contribution in [0.4, 0.5) is 5.69 Å². The maximum absolute atomic E-state index is 10.2. The summed E-state index contributed by atoms with van der Waals surface area (Å²) in [6.45, 7) is 0.373. The molecule has 0 radical (unpaired) electrons. The number of rotatable bonds is 3. The van der Waals surface area contributed by atoms with Crippen LogP contribution in [0.15, 0.2) is 24.3 Å². The smallest absolute Gasteiger partial charge is 0.269 e. The lowest BCUT2D eigenvalue weighted by Gasteiger charge is -1.95. The summed E-state index contributed by atoms with van der Waals surface area (Å²) in [6.07, 6.45) is 0. The summed E-state index contributed by atoms with van der Waals surface area (Å²) in [7, 11) is 0. The fourth-order valence-corrected chi connectivity index (χ4v) is 0.832. The zero-order chi connectivity index (χ0) is 8.97. The first-order valence-corrected chi connectivity index (χ1v) is 3.34. The van der Waals surface area contributed by atoms with Gasteiger partial charge in [0.1, 0.15) is 6.61 Å². The molecule has 1 aromatic rings. The van der Waals surface area contributed by atoms with Crippen molar-refractivity contribution in [1.82, 2.24) is 0 Å². The number of hydrogen-bond donors (Lipinski definition) is 1. The van der Waals surface area contributed by atoms with E-state index in [9.17, 15) is 10.1 Å². The van der Waals surface area contributed by atoms with Gasteiger partial charge >= 0.3 is 0 Å². The molecule has 72 valence electrons. The largest absolute Gasteiger partial charge is 1.00 e. The second kappa shape index (κ2) is 5.47. The van der Waals surface area contributed by atoms with E-state index in [2.05, 4.69) is 10.7 Å². The topological polar surface area (TPSA) is 80.0 Å². The van der Waals surface area contributed by atoms with E-state index >= 15 is 0 Å². The van der Waals surface area contributed by atoms with Crippen LogP contribution in [-0.2, 0) is 11.4 Å². The fraction of sp³-hybridized carbons (Fsp3) is 0.143. The first kappa shape index (κ1) is 11.8. The van der Waals surface area contributed by atoms with Crippen LogP contribution in [0.2, 0.25) is 0 Å². The third-order valence-corrected chi connectivity index (χ3v) is 1.42. The molecule has 0 saturated carbocycles. The van der Waals surface area contributed by atoms with Crippen LogP contribution in [0.25, 0.3) is 0 Å². The van der Waals surface area contributed by atoms with Crippen molar-refractivity contribution in [2.24, 2.45) is 0 Å². The van der Waals surface area contributed by atoms with Crippen LogP contribution in [0.3, 0.4) is 0 Å². The minimum Gasteiger partial charge on any atom is -1.00 e. The number of benzene rings is 1. The van der Waals surface area contributed by atoms with Gasteiger partial charge in [0, 0.05) is 12.1 Å². The average molecular weight is 205 g/mol. The van der Waals surface area contributed by atoms with Gasteiger partial charge < -0.3 is 12.4 Å². The molecule has 0 aromatic heterocycles. The summed E-state index contributed by atoms with van der Waals surface area (Å²) >= 11 is 0. The molecule has 0 bridgehead atoms. The van der Waals surface area contributed by atoms with Crippen LogP contribution in [0, 0.1) is 10.1 Å². The molecule has 0 amide bonds. The second-order valence-electron chi connectivity index (χ2n) is 2.27. The zero-order valence-corrected chi connectivity index (χ0v) is 7.53. The lowest BCUT2D eigenvalue weighted by Crippen LogP contribution is -3.00. The number of non-ortho nitro benzene ring substituents is 1. The summed E-state index contributed by atoms with van der Waals surface area (Å²) < 4.78 is 0. The molecule has 0 aliphatic heterocycles. The van der Waals surface area contributed by atoms with Gasteiger partial charge in [-0.3, -0.25) is 10.1 Å². The van der Waals surface area contributed by atoms with Crippen molar-refractivity contribution in [2.75, 3.05) is 0 Å². The van der Waals surface area contributed by atoms with E-state index in [1.54, 1.807) is 12.1 Å². The molecule has 0 atom stereocenters. The number of hydrogen-bond acceptors (Lipinski definition) is 3. The van der Waals surface area contributed by atoms with Gasteiger partial charge in [0.15, 0.2) is 0 Å². The Morgan fingerprint density at radius 3 is 2.31 bits per heavy atom. The predicted molar refractivity (Wildman–Crippen MR) is 40.8 cm³/mol. The van der Waals surface area contributed by atoms with Gasteiger partial charge in [-0.25, -0.2) is 10.7 Å². The van der Waals surface area contributed by atoms with Crippen molar-refractivity contribution in [1.29, 1.82) is 0 Å². The first-order chi connectivity index (χ1) is 5.74. The van der Waals surface area contributed by atoms with Gasteiger partial charge in [-0.05, 0) is 17.7 Å². The third kappa shape index (κ3) is 3.37. The van der Waals surface area contributed by atoms with Gasteiger partial charge in [-0.1, -0.05) is 0 Å². The lowest BCUT2D eigenvalue weighted by molar-refractivity contribution is -0.695. The minimum atomic E-state index is -0.436. The van der Waals surface area contributed by atoms with E-state index in [0.29, 0.717) is 6.61 Å². The SMILES string of the molecule is [Cl-].[NH3+]OCc1ccc([N+](=O)[O-])cc1. The van der Waals surface area contributed by atoms with Crippen LogP contribution < -0.4 is 18.3 Å². The highest BCUT2D eigenvalue weighted by Gasteiger charge is 2.03. The molecule has 5 nitrogen and oxygen atoms in total. The summed E-state index contributed by atoms with van der Waals surface area (Å²) in [4.78, 5) is 14.4.